The molecule has 4 rings (SSSR count). The zero-order valence-electron chi connectivity index (χ0n) is 27.4. The number of para-hydroxylation sites is 2. The van der Waals surface area contributed by atoms with Crippen molar-refractivity contribution in [3.05, 3.63) is 120 Å². The highest BCUT2D eigenvalue weighted by Crippen LogP contribution is 2.33. The first-order chi connectivity index (χ1) is 22.7. The largest absolute Gasteiger partial charge is 0.497 e. The Morgan fingerprint density at radius 1 is 0.851 bits per heavy atom. The van der Waals surface area contributed by atoms with Gasteiger partial charge in [0, 0.05) is 19.5 Å². The maximum absolute atomic E-state index is 14.7. The Morgan fingerprint density at radius 3 is 2.21 bits per heavy atom. The van der Waals surface area contributed by atoms with Crippen molar-refractivity contribution in [2.75, 3.05) is 31.1 Å². The summed E-state index contributed by atoms with van der Waals surface area (Å²) in [6, 6.07) is 29.0. The lowest BCUT2D eigenvalue weighted by Crippen LogP contribution is -2.53. The Balaban J connectivity index is 1.84. The number of aryl methyl sites for hydroxylation is 1. The lowest BCUT2D eigenvalue weighted by atomic mass is 10.0. The minimum atomic E-state index is -4.26. The summed E-state index contributed by atoms with van der Waals surface area (Å²) in [5, 5.41) is 2.96. The zero-order valence-corrected chi connectivity index (χ0v) is 28.2. The normalized spacial score (nSPS) is 11.7. The third kappa shape index (κ3) is 9.13. The van der Waals surface area contributed by atoms with E-state index in [4.69, 9.17) is 9.47 Å². The number of ether oxygens (including phenoxy) is 2. The predicted molar refractivity (Wildman–Crippen MR) is 184 cm³/mol. The number of benzene rings is 4. The molecule has 9 nitrogen and oxygen atoms in total. The highest BCUT2D eigenvalue weighted by Gasteiger charge is 2.35. The molecule has 0 heterocycles. The van der Waals surface area contributed by atoms with E-state index in [1.54, 1.807) is 62.6 Å². The molecular formula is C37H43N3O6S. The van der Waals surface area contributed by atoms with E-state index in [1.165, 1.54) is 17.0 Å². The SMILES string of the molecule is CCCNC(=O)C(Cc1ccccc1)N(Cc1cccc(OC)c1)C(=O)CN(c1ccccc1OCC)S(=O)(=O)c1ccc(C)cc1. The van der Waals surface area contributed by atoms with Gasteiger partial charge in [0.15, 0.2) is 0 Å². The standard InChI is InChI=1S/C37H43N3O6S/c1-5-23-38-37(42)34(25-29-13-8-7-9-14-29)39(26-30-15-12-16-31(24-30)45-4)36(41)27-40(33-17-10-11-18-35(33)46-6-2)47(43,44)32-21-19-28(3)20-22-32/h7-22,24,34H,5-6,23,25-27H2,1-4H3,(H,38,42). The summed E-state index contributed by atoms with van der Waals surface area (Å²) in [6.07, 6.45) is 0.941. The van der Waals surface area contributed by atoms with Gasteiger partial charge in [0.25, 0.3) is 10.0 Å². The number of nitrogens with zero attached hydrogens (tertiary/aromatic N) is 2. The number of rotatable bonds is 16. The van der Waals surface area contributed by atoms with Crippen LogP contribution in [0, 0.1) is 6.92 Å². The lowest BCUT2D eigenvalue weighted by Gasteiger charge is -2.34. The molecule has 0 saturated heterocycles. The molecule has 0 aliphatic carbocycles. The van der Waals surface area contributed by atoms with E-state index in [0.717, 1.165) is 21.0 Å². The Kier molecular flexibility index (Phi) is 12.4. The van der Waals surface area contributed by atoms with Crippen molar-refractivity contribution >= 4 is 27.5 Å². The van der Waals surface area contributed by atoms with Gasteiger partial charge in [-0.05, 0) is 67.8 Å². The van der Waals surface area contributed by atoms with Crippen LogP contribution in [-0.2, 0) is 32.6 Å². The van der Waals surface area contributed by atoms with Gasteiger partial charge < -0.3 is 19.7 Å². The van der Waals surface area contributed by atoms with Gasteiger partial charge in [-0.15, -0.1) is 0 Å². The summed E-state index contributed by atoms with van der Waals surface area (Å²) >= 11 is 0. The molecule has 0 bridgehead atoms. The topological polar surface area (TPSA) is 105 Å². The summed E-state index contributed by atoms with van der Waals surface area (Å²) in [5.74, 6) is 0.0375. The first kappa shape index (κ1) is 35.0. The van der Waals surface area contributed by atoms with Crippen LogP contribution in [0.3, 0.4) is 0 Å². The minimum Gasteiger partial charge on any atom is -0.497 e. The summed E-state index contributed by atoms with van der Waals surface area (Å²) in [7, 11) is -2.70. The van der Waals surface area contributed by atoms with Crippen molar-refractivity contribution in [2.45, 2.75) is 51.1 Å². The number of carbonyl (C=O) groups is 2. The quantitative estimate of drug-likeness (QED) is 0.164. The number of sulfonamides is 1. The van der Waals surface area contributed by atoms with Crippen LogP contribution in [0.2, 0.25) is 0 Å². The third-order valence-corrected chi connectivity index (χ3v) is 9.40. The average Bonchev–Trinajstić information content (AvgIpc) is 3.08. The number of nitrogens with one attached hydrogen (secondary N) is 1. The fourth-order valence-electron chi connectivity index (χ4n) is 5.18. The third-order valence-electron chi connectivity index (χ3n) is 7.63. The summed E-state index contributed by atoms with van der Waals surface area (Å²) in [6.45, 7) is 5.82. The fourth-order valence-corrected chi connectivity index (χ4v) is 6.60. The molecule has 4 aromatic carbocycles. The van der Waals surface area contributed by atoms with Crippen molar-refractivity contribution in [1.82, 2.24) is 10.2 Å². The smallest absolute Gasteiger partial charge is 0.264 e. The first-order valence-electron chi connectivity index (χ1n) is 15.7. The summed E-state index contributed by atoms with van der Waals surface area (Å²) in [4.78, 5) is 30.0. The number of carbonyl (C=O) groups excluding carboxylic acids is 2. The second-order valence-electron chi connectivity index (χ2n) is 11.1. The van der Waals surface area contributed by atoms with E-state index in [9.17, 15) is 18.0 Å². The number of hydrogen-bond acceptors (Lipinski definition) is 6. The Morgan fingerprint density at radius 2 is 1.53 bits per heavy atom. The molecule has 0 aromatic heterocycles. The molecule has 0 aliphatic heterocycles. The second kappa shape index (κ2) is 16.6. The first-order valence-corrected chi connectivity index (χ1v) is 17.2. The monoisotopic (exact) mass is 657 g/mol. The maximum atomic E-state index is 14.7. The van der Waals surface area contributed by atoms with E-state index in [0.29, 0.717) is 31.1 Å². The Bertz CT molecular complexity index is 1730. The van der Waals surface area contributed by atoms with Gasteiger partial charge in [-0.25, -0.2) is 8.42 Å². The molecule has 0 spiro atoms. The van der Waals surface area contributed by atoms with Crippen LogP contribution < -0.4 is 19.1 Å². The highest BCUT2D eigenvalue weighted by molar-refractivity contribution is 7.92. The van der Waals surface area contributed by atoms with Crippen LogP contribution in [0.4, 0.5) is 5.69 Å². The fraction of sp³-hybridized carbons (Fsp3) is 0.297. The Hall–Kier alpha value is -4.83. The summed E-state index contributed by atoms with van der Waals surface area (Å²) in [5.41, 5.74) is 2.70. The molecule has 2 amide bonds. The number of anilines is 1. The van der Waals surface area contributed by atoms with Gasteiger partial charge in [-0.3, -0.25) is 13.9 Å². The number of hydrogen-bond donors (Lipinski definition) is 1. The number of methoxy groups -OCH3 is 1. The molecule has 0 radical (unpaired) electrons. The van der Waals surface area contributed by atoms with Crippen LogP contribution in [0.15, 0.2) is 108 Å². The lowest BCUT2D eigenvalue weighted by molar-refractivity contribution is -0.140. The molecule has 0 aliphatic rings. The molecule has 0 saturated carbocycles. The van der Waals surface area contributed by atoms with Gasteiger partial charge in [0.2, 0.25) is 11.8 Å². The molecule has 1 unspecified atom stereocenters. The van der Waals surface area contributed by atoms with Crippen molar-refractivity contribution in [2.24, 2.45) is 0 Å². The van der Waals surface area contributed by atoms with Gasteiger partial charge in [-0.1, -0.05) is 79.2 Å². The Labute approximate surface area is 278 Å². The minimum absolute atomic E-state index is 0.0306. The summed E-state index contributed by atoms with van der Waals surface area (Å²) < 4.78 is 41.0. The number of amides is 2. The van der Waals surface area contributed by atoms with Gasteiger partial charge in [0.1, 0.15) is 24.1 Å². The zero-order chi connectivity index (χ0) is 33.8. The van der Waals surface area contributed by atoms with Crippen LogP contribution in [0.1, 0.15) is 37.0 Å². The van der Waals surface area contributed by atoms with Crippen molar-refractivity contribution in [3.63, 3.8) is 0 Å². The molecule has 248 valence electrons. The highest BCUT2D eigenvalue weighted by atomic mass is 32.2. The molecule has 47 heavy (non-hydrogen) atoms. The molecule has 0 fully saturated rings. The predicted octanol–water partition coefficient (Wildman–Crippen LogP) is 5.76. The van der Waals surface area contributed by atoms with Crippen molar-refractivity contribution in [1.29, 1.82) is 0 Å². The van der Waals surface area contributed by atoms with E-state index < -0.39 is 28.5 Å². The van der Waals surface area contributed by atoms with Crippen molar-refractivity contribution < 1.29 is 27.5 Å². The van der Waals surface area contributed by atoms with Gasteiger partial charge in [0.05, 0.1) is 24.3 Å². The van der Waals surface area contributed by atoms with E-state index in [2.05, 4.69) is 5.32 Å². The average molecular weight is 658 g/mol. The van der Waals surface area contributed by atoms with E-state index in [-0.39, 0.29) is 29.5 Å². The second-order valence-corrected chi connectivity index (χ2v) is 13.0. The van der Waals surface area contributed by atoms with Crippen molar-refractivity contribution in [3.8, 4) is 11.5 Å². The van der Waals surface area contributed by atoms with Crippen LogP contribution in [-0.4, -0.2) is 58.0 Å². The molecule has 4 aromatic rings. The van der Waals surface area contributed by atoms with Crippen LogP contribution >= 0.6 is 0 Å². The molecule has 1 N–H and O–H groups in total. The van der Waals surface area contributed by atoms with Gasteiger partial charge in [-0.2, -0.15) is 0 Å². The van der Waals surface area contributed by atoms with E-state index in [1.807, 2.05) is 56.3 Å². The van der Waals surface area contributed by atoms with Crippen LogP contribution in [0.25, 0.3) is 0 Å². The van der Waals surface area contributed by atoms with Gasteiger partial charge >= 0.3 is 0 Å². The maximum Gasteiger partial charge on any atom is 0.264 e. The molecular weight excluding hydrogens is 614 g/mol. The molecule has 1 atom stereocenters. The molecule has 10 heteroatoms. The van der Waals surface area contributed by atoms with Crippen LogP contribution in [0.5, 0.6) is 11.5 Å². The van der Waals surface area contributed by atoms with E-state index >= 15 is 0 Å².